The molecule has 0 bridgehead atoms. The molecule has 0 aliphatic carbocycles. The highest BCUT2D eigenvalue weighted by atomic mass is 19.1. The van der Waals surface area contributed by atoms with Crippen molar-refractivity contribution in [2.24, 2.45) is 5.73 Å². The van der Waals surface area contributed by atoms with Gasteiger partial charge in [0, 0.05) is 23.5 Å². The van der Waals surface area contributed by atoms with E-state index in [0.717, 1.165) is 6.07 Å². The molecule has 0 radical (unpaired) electrons. The summed E-state index contributed by atoms with van der Waals surface area (Å²) in [4.78, 5) is 30.2. The van der Waals surface area contributed by atoms with Crippen LogP contribution in [0, 0.1) is 18.6 Å². The predicted molar refractivity (Wildman–Crippen MR) is 88.4 cm³/mol. The van der Waals surface area contributed by atoms with Crippen molar-refractivity contribution in [1.82, 2.24) is 9.88 Å². The third kappa shape index (κ3) is 2.98. The van der Waals surface area contributed by atoms with E-state index in [1.165, 1.54) is 18.0 Å². The standard InChI is InChI=1S/C18H17F2N3O3/c1-9-12(4-3-5-22-9)18(25)23(10(2)17(21)24)15-8-26-16-13(15)6-11(19)7-14(16)20/h3-7,10,15H,8H2,1-2H3,(H2,21,24)/t10-,15-/m1/s1. The van der Waals surface area contributed by atoms with E-state index in [0.29, 0.717) is 11.8 Å². The van der Waals surface area contributed by atoms with Gasteiger partial charge in [-0.15, -0.1) is 0 Å². The zero-order valence-corrected chi connectivity index (χ0v) is 14.2. The number of halogens is 2. The van der Waals surface area contributed by atoms with Gasteiger partial charge >= 0.3 is 0 Å². The summed E-state index contributed by atoms with van der Waals surface area (Å²) in [6.07, 6.45) is 1.53. The lowest BCUT2D eigenvalue weighted by molar-refractivity contribution is -0.122. The molecule has 0 fully saturated rings. The van der Waals surface area contributed by atoms with E-state index in [4.69, 9.17) is 10.5 Å². The van der Waals surface area contributed by atoms with Crippen LogP contribution in [0.5, 0.6) is 5.75 Å². The zero-order valence-electron chi connectivity index (χ0n) is 14.2. The highest BCUT2D eigenvalue weighted by Crippen LogP contribution is 2.40. The minimum Gasteiger partial charge on any atom is -0.488 e. The number of carbonyl (C=O) groups is 2. The van der Waals surface area contributed by atoms with Crippen molar-refractivity contribution < 1.29 is 23.1 Å². The number of fused-ring (bicyclic) bond motifs is 1. The van der Waals surface area contributed by atoms with Crippen LogP contribution in [0.4, 0.5) is 8.78 Å². The second kappa shape index (κ2) is 6.70. The molecule has 1 aromatic heterocycles. The summed E-state index contributed by atoms with van der Waals surface area (Å²) in [5, 5.41) is 0. The number of amides is 2. The minimum absolute atomic E-state index is 0.113. The summed E-state index contributed by atoms with van der Waals surface area (Å²) in [5.41, 5.74) is 6.29. The largest absolute Gasteiger partial charge is 0.488 e. The van der Waals surface area contributed by atoms with Gasteiger partial charge in [0.1, 0.15) is 18.5 Å². The molecule has 136 valence electrons. The summed E-state index contributed by atoms with van der Waals surface area (Å²) in [5.74, 6) is -3.06. The molecule has 6 nitrogen and oxygen atoms in total. The van der Waals surface area contributed by atoms with Gasteiger partial charge in [0.2, 0.25) is 5.91 Å². The van der Waals surface area contributed by atoms with E-state index in [-0.39, 0.29) is 23.5 Å². The van der Waals surface area contributed by atoms with Gasteiger partial charge in [-0.3, -0.25) is 14.6 Å². The Morgan fingerprint density at radius 3 is 2.77 bits per heavy atom. The third-order valence-electron chi connectivity index (χ3n) is 4.42. The maximum Gasteiger partial charge on any atom is 0.257 e. The van der Waals surface area contributed by atoms with Crippen LogP contribution >= 0.6 is 0 Å². The molecule has 0 unspecified atom stereocenters. The van der Waals surface area contributed by atoms with E-state index < -0.39 is 35.5 Å². The number of hydrogen-bond acceptors (Lipinski definition) is 4. The lowest BCUT2D eigenvalue weighted by Crippen LogP contribution is -2.48. The molecule has 8 heteroatoms. The molecule has 2 aromatic rings. The number of nitrogens with two attached hydrogens (primary N) is 1. The summed E-state index contributed by atoms with van der Waals surface area (Å²) in [6.45, 7) is 3.00. The van der Waals surface area contributed by atoms with E-state index in [9.17, 15) is 18.4 Å². The number of hydrogen-bond donors (Lipinski definition) is 1. The summed E-state index contributed by atoms with van der Waals surface area (Å²) in [7, 11) is 0. The number of pyridine rings is 1. The van der Waals surface area contributed by atoms with Crippen LogP contribution in [0.25, 0.3) is 0 Å². The summed E-state index contributed by atoms with van der Waals surface area (Å²) in [6, 6.07) is 3.08. The Morgan fingerprint density at radius 2 is 2.12 bits per heavy atom. The molecule has 2 amide bonds. The van der Waals surface area contributed by atoms with Crippen LogP contribution in [0.15, 0.2) is 30.5 Å². The van der Waals surface area contributed by atoms with Gasteiger partial charge in [-0.05, 0) is 32.0 Å². The van der Waals surface area contributed by atoms with Crippen molar-refractivity contribution >= 4 is 11.8 Å². The fourth-order valence-electron chi connectivity index (χ4n) is 3.04. The van der Waals surface area contributed by atoms with Gasteiger partial charge in [0.25, 0.3) is 5.91 Å². The topological polar surface area (TPSA) is 85.5 Å². The molecule has 26 heavy (non-hydrogen) atoms. The monoisotopic (exact) mass is 361 g/mol. The first-order valence-corrected chi connectivity index (χ1v) is 7.96. The fourth-order valence-corrected chi connectivity index (χ4v) is 3.04. The minimum atomic E-state index is -1.02. The molecule has 1 aromatic carbocycles. The van der Waals surface area contributed by atoms with E-state index in [1.54, 1.807) is 19.1 Å². The maximum absolute atomic E-state index is 14.0. The van der Waals surface area contributed by atoms with Gasteiger partial charge in [-0.25, -0.2) is 8.78 Å². The first-order valence-electron chi connectivity index (χ1n) is 7.96. The zero-order chi connectivity index (χ0) is 19.0. The van der Waals surface area contributed by atoms with Gasteiger partial charge in [0.15, 0.2) is 11.6 Å². The number of benzene rings is 1. The van der Waals surface area contributed by atoms with Gasteiger partial charge in [-0.1, -0.05) is 0 Å². The second-order valence-corrected chi connectivity index (χ2v) is 6.06. The number of ether oxygens (including phenoxy) is 1. The lowest BCUT2D eigenvalue weighted by Gasteiger charge is -2.32. The Morgan fingerprint density at radius 1 is 1.38 bits per heavy atom. The number of rotatable bonds is 4. The van der Waals surface area contributed by atoms with Crippen molar-refractivity contribution in [3.05, 3.63) is 58.9 Å². The quantitative estimate of drug-likeness (QED) is 0.904. The number of nitrogens with zero attached hydrogens (tertiary/aromatic N) is 2. The molecule has 3 rings (SSSR count). The Bertz CT molecular complexity index is 888. The van der Waals surface area contributed by atoms with Crippen LogP contribution < -0.4 is 10.5 Å². The number of aromatic nitrogens is 1. The summed E-state index contributed by atoms with van der Waals surface area (Å²) < 4.78 is 33.0. The van der Waals surface area contributed by atoms with E-state index in [2.05, 4.69) is 4.98 Å². The number of carbonyl (C=O) groups excluding carboxylic acids is 2. The van der Waals surface area contributed by atoms with Gasteiger partial charge in [0.05, 0.1) is 11.6 Å². The molecule has 2 atom stereocenters. The molecule has 2 N–H and O–H groups in total. The van der Waals surface area contributed by atoms with Crippen LogP contribution in [0.3, 0.4) is 0 Å². The van der Waals surface area contributed by atoms with Gasteiger partial charge in [-0.2, -0.15) is 0 Å². The Balaban J connectivity index is 2.09. The summed E-state index contributed by atoms with van der Waals surface area (Å²) >= 11 is 0. The normalized spacial score (nSPS) is 16.5. The Labute approximate surface area is 148 Å². The second-order valence-electron chi connectivity index (χ2n) is 6.06. The van der Waals surface area contributed by atoms with Crippen molar-refractivity contribution in [3.63, 3.8) is 0 Å². The SMILES string of the molecule is Cc1ncccc1C(=O)N([C@H](C)C(N)=O)[C@@H]1COc2c(F)cc(F)cc21. The average molecular weight is 361 g/mol. The van der Waals surface area contributed by atoms with Crippen LogP contribution in [-0.4, -0.2) is 34.3 Å². The first-order chi connectivity index (χ1) is 12.3. The van der Waals surface area contributed by atoms with Gasteiger partial charge < -0.3 is 15.4 Å². The number of primary amides is 1. The van der Waals surface area contributed by atoms with Crippen LogP contribution in [0.2, 0.25) is 0 Å². The van der Waals surface area contributed by atoms with Crippen LogP contribution in [0.1, 0.15) is 34.6 Å². The Hall–Kier alpha value is -3.03. The van der Waals surface area contributed by atoms with Crippen LogP contribution in [-0.2, 0) is 4.79 Å². The lowest BCUT2D eigenvalue weighted by atomic mass is 10.0. The van der Waals surface area contributed by atoms with E-state index >= 15 is 0 Å². The highest BCUT2D eigenvalue weighted by molar-refractivity contribution is 5.98. The van der Waals surface area contributed by atoms with Crippen molar-refractivity contribution in [1.29, 1.82) is 0 Å². The predicted octanol–water partition coefficient (Wildman–Crippen LogP) is 2.12. The van der Waals surface area contributed by atoms with Crippen molar-refractivity contribution in [3.8, 4) is 5.75 Å². The first kappa shape index (κ1) is 17.8. The molecular formula is C18H17F2N3O3. The molecular weight excluding hydrogens is 344 g/mol. The molecule has 2 heterocycles. The molecule has 0 saturated heterocycles. The smallest absolute Gasteiger partial charge is 0.257 e. The number of aryl methyl sites for hydroxylation is 1. The molecule has 1 aliphatic heterocycles. The maximum atomic E-state index is 14.0. The molecule has 0 spiro atoms. The average Bonchev–Trinajstić information content (AvgIpc) is 2.99. The van der Waals surface area contributed by atoms with Crippen molar-refractivity contribution in [2.75, 3.05) is 6.61 Å². The van der Waals surface area contributed by atoms with Crippen molar-refractivity contribution in [2.45, 2.75) is 25.9 Å². The highest BCUT2D eigenvalue weighted by Gasteiger charge is 2.39. The van der Waals surface area contributed by atoms with E-state index in [1.807, 2.05) is 0 Å². The Kier molecular flexibility index (Phi) is 4.58. The third-order valence-corrected chi connectivity index (χ3v) is 4.42. The molecule has 1 aliphatic rings. The fraction of sp³-hybridized carbons (Fsp3) is 0.278. The molecule has 0 saturated carbocycles.